The summed E-state index contributed by atoms with van der Waals surface area (Å²) in [6, 6.07) is 6.97. The number of benzene rings is 1. The smallest absolute Gasteiger partial charge is 0.308 e. The fourth-order valence-corrected chi connectivity index (χ4v) is 2.86. The highest BCUT2D eigenvalue weighted by molar-refractivity contribution is 6.32. The van der Waals surface area contributed by atoms with Crippen LogP contribution >= 0.6 is 11.6 Å². The van der Waals surface area contributed by atoms with E-state index in [0.717, 1.165) is 5.39 Å². The number of amides is 1. The fourth-order valence-electron chi connectivity index (χ4n) is 2.64. The highest BCUT2D eigenvalue weighted by atomic mass is 35.5. The highest BCUT2D eigenvalue weighted by Gasteiger charge is 2.32. The number of halogens is 1. The maximum Gasteiger partial charge on any atom is 0.308 e. The fraction of sp³-hybridized carbons (Fsp3) is 0.267. The molecule has 0 radical (unpaired) electrons. The van der Waals surface area contributed by atoms with E-state index >= 15 is 0 Å². The minimum atomic E-state index is -0.862. The van der Waals surface area contributed by atoms with Gasteiger partial charge in [0.05, 0.1) is 17.0 Å². The zero-order valence-corrected chi connectivity index (χ0v) is 11.9. The van der Waals surface area contributed by atoms with Crippen molar-refractivity contribution >= 4 is 34.4 Å². The third kappa shape index (κ3) is 2.56. The number of aromatic nitrogens is 1. The molecule has 1 aromatic heterocycles. The van der Waals surface area contributed by atoms with E-state index in [1.54, 1.807) is 29.3 Å². The van der Waals surface area contributed by atoms with Crippen LogP contribution in [0, 0.1) is 5.92 Å². The number of carboxylic acids is 1. The summed E-state index contributed by atoms with van der Waals surface area (Å²) >= 11 is 6.06. The molecule has 21 heavy (non-hydrogen) atoms. The molecule has 0 bridgehead atoms. The Bertz CT molecular complexity index is 732. The van der Waals surface area contributed by atoms with Gasteiger partial charge in [-0.1, -0.05) is 17.7 Å². The summed E-state index contributed by atoms with van der Waals surface area (Å²) in [4.78, 5) is 29.4. The van der Waals surface area contributed by atoms with Crippen molar-refractivity contribution in [1.29, 1.82) is 0 Å². The molecule has 1 N–H and O–H groups in total. The Morgan fingerprint density at radius 1 is 1.38 bits per heavy atom. The van der Waals surface area contributed by atoms with E-state index in [-0.39, 0.29) is 12.5 Å². The van der Waals surface area contributed by atoms with Crippen molar-refractivity contribution in [3.63, 3.8) is 0 Å². The largest absolute Gasteiger partial charge is 0.481 e. The van der Waals surface area contributed by atoms with Gasteiger partial charge in [0.2, 0.25) is 0 Å². The second kappa shape index (κ2) is 5.33. The molecule has 0 aliphatic carbocycles. The van der Waals surface area contributed by atoms with Crippen LogP contribution in [0.4, 0.5) is 0 Å². The van der Waals surface area contributed by atoms with Gasteiger partial charge in [-0.15, -0.1) is 0 Å². The summed E-state index contributed by atoms with van der Waals surface area (Å²) in [6.07, 6.45) is 2.10. The second-order valence-corrected chi connectivity index (χ2v) is 5.54. The molecule has 5 nitrogen and oxygen atoms in total. The minimum Gasteiger partial charge on any atom is -0.481 e. The Kier molecular flexibility index (Phi) is 3.51. The number of pyridine rings is 1. The standard InChI is InChI=1S/C15H13ClN2O3/c16-11-6-9-2-1-4-17-13(9)12(7-11)14(19)18-5-3-10(8-18)15(20)21/h1-2,4,6-7,10H,3,5,8H2,(H,20,21). The van der Waals surface area contributed by atoms with Gasteiger partial charge in [-0.3, -0.25) is 14.6 Å². The monoisotopic (exact) mass is 304 g/mol. The third-order valence-corrected chi connectivity index (χ3v) is 3.94. The Labute approximate surface area is 126 Å². The average Bonchev–Trinajstić information content (AvgIpc) is 2.95. The topological polar surface area (TPSA) is 70.5 Å². The lowest BCUT2D eigenvalue weighted by Crippen LogP contribution is -2.30. The molecule has 1 aromatic carbocycles. The van der Waals surface area contributed by atoms with Gasteiger partial charge < -0.3 is 10.0 Å². The Morgan fingerprint density at radius 3 is 2.90 bits per heavy atom. The number of carbonyl (C=O) groups excluding carboxylic acids is 1. The van der Waals surface area contributed by atoms with Gasteiger partial charge in [-0.2, -0.15) is 0 Å². The van der Waals surface area contributed by atoms with Gasteiger partial charge in [0.25, 0.3) is 5.91 Å². The van der Waals surface area contributed by atoms with Crippen molar-refractivity contribution in [2.75, 3.05) is 13.1 Å². The Morgan fingerprint density at radius 2 is 2.19 bits per heavy atom. The van der Waals surface area contributed by atoms with Crippen molar-refractivity contribution < 1.29 is 14.7 Å². The van der Waals surface area contributed by atoms with E-state index < -0.39 is 11.9 Å². The van der Waals surface area contributed by atoms with E-state index in [4.69, 9.17) is 16.7 Å². The van der Waals surface area contributed by atoms with E-state index in [1.807, 2.05) is 6.07 Å². The number of hydrogen-bond acceptors (Lipinski definition) is 3. The van der Waals surface area contributed by atoms with Crippen LogP contribution in [0.25, 0.3) is 10.9 Å². The number of hydrogen-bond donors (Lipinski definition) is 1. The molecule has 0 saturated carbocycles. The molecule has 1 amide bonds. The average molecular weight is 305 g/mol. The number of nitrogens with zero attached hydrogens (tertiary/aromatic N) is 2. The highest BCUT2D eigenvalue weighted by Crippen LogP contribution is 2.26. The lowest BCUT2D eigenvalue weighted by molar-refractivity contribution is -0.141. The normalized spacial score (nSPS) is 18.1. The van der Waals surface area contributed by atoms with Gasteiger partial charge in [0.1, 0.15) is 0 Å². The first-order chi connectivity index (χ1) is 10.1. The predicted octanol–water partition coefficient (Wildman–Crippen LogP) is 2.43. The van der Waals surface area contributed by atoms with Crippen LogP contribution in [0.15, 0.2) is 30.5 Å². The SMILES string of the molecule is O=C(O)C1CCN(C(=O)c2cc(Cl)cc3cccnc23)C1. The van der Waals surface area contributed by atoms with Crippen LogP contribution in [-0.4, -0.2) is 40.0 Å². The van der Waals surface area contributed by atoms with E-state index in [0.29, 0.717) is 29.1 Å². The van der Waals surface area contributed by atoms with E-state index in [2.05, 4.69) is 4.98 Å². The number of carboxylic acid groups (broad SMARTS) is 1. The number of carbonyl (C=O) groups is 2. The van der Waals surface area contributed by atoms with E-state index in [1.165, 1.54) is 0 Å². The molecule has 1 aliphatic rings. The molecular weight excluding hydrogens is 292 g/mol. The number of likely N-dealkylation sites (tertiary alicyclic amines) is 1. The molecule has 0 spiro atoms. The van der Waals surface area contributed by atoms with Crippen molar-refractivity contribution in [2.24, 2.45) is 5.92 Å². The van der Waals surface area contributed by atoms with Gasteiger partial charge in [0, 0.05) is 29.7 Å². The summed E-state index contributed by atoms with van der Waals surface area (Å²) in [7, 11) is 0. The van der Waals surface area contributed by atoms with Crippen LogP contribution < -0.4 is 0 Å². The number of aliphatic carboxylic acids is 1. The maximum atomic E-state index is 12.6. The van der Waals surface area contributed by atoms with Gasteiger partial charge in [-0.05, 0) is 24.6 Å². The first-order valence-electron chi connectivity index (χ1n) is 6.62. The van der Waals surface area contributed by atoms with Crippen LogP contribution in [0.2, 0.25) is 5.02 Å². The lowest BCUT2D eigenvalue weighted by Gasteiger charge is -2.17. The molecule has 1 aliphatic heterocycles. The zero-order valence-electron chi connectivity index (χ0n) is 11.1. The zero-order chi connectivity index (χ0) is 15.0. The van der Waals surface area contributed by atoms with Crippen LogP contribution in [0.1, 0.15) is 16.8 Å². The predicted molar refractivity (Wildman–Crippen MR) is 78.4 cm³/mol. The summed E-state index contributed by atoms with van der Waals surface area (Å²) in [6.45, 7) is 0.672. The summed E-state index contributed by atoms with van der Waals surface area (Å²) < 4.78 is 0. The molecule has 1 atom stereocenters. The third-order valence-electron chi connectivity index (χ3n) is 3.72. The molecular formula is C15H13ClN2O3. The molecule has 1 unspecified atom stereocenters. The van der Waals surface area contributed by atoms with Gasteiger partial charge in [0.15, 0.2) is 0 Å². The summed E-state index contributed by atoms with van der Waals surface area (Å²) in [5.41, 5.74) is 1.01. The molecule has 1 saturated heterocycles. The van der Waals surface area contributed by atoms with Crippen molar-refractivity contribution in [1.82, 2.24) is 9.88 Å². The summed E-state index contributed by atoms with van der Waals surface area (Å²) in [5.74, 6) is -1.57. The molecule has 1 fully saturated rings. The van der Waals surface area contributed by atoms with Crippen molar-refractivity contribution in [3.8, 4) is 0 Å². The first kappa shape index (κ1) is 13.8. The Hall–Kier alpha value is -2.14. The second-order valence-electron chi connectivity index (χ2n) is 5.10. The molecule has 6 heteroatoms. The van der Waals surface area contributed by atoms with Crippen molar-refractivity contribution in [2.45, 2.75) is 6.42 Å². The van der Waals surface area contributed by atoms with Crippen LogP contribution in [-0.2, 0) is 4.79 Å². The lowest BCUT2D eigenvalue weighted by atomic mass is 10.1. The van der Waals surface area contributed by atoms with Crippen molar-refractivity contribution in [3.05, 3.63) is 41.0 Å². The molecule has 108 valence electrons. The summed E-state index contributed by atoms with van der Waals surface area (Å²) in [5, 5.41) is 10.3. The molecule has 3 rings (SSSR count). The quantitative estimate of drug-likeness (QED) is 0.925. The van der Waals surface area contributed by atoms with Crippen LogP contribution in [0.3, 0.4) is 0 Å². The first-order valence-corrected chi connectivity index (χ1v) is 7.00. The number of fused-ring (bicyclic) bond motifs is 1. The molecule has 2 aromatic rings. The minimum absolute atomic E-state index is 0.218. The van der Waals surface area contributed by atoms with Crippen LogP contribution in [0.5, 0.6) is 0 Å². The van der Waals surface area contributed by atoms with Gasteiger partial charge >= 0.3 is 5.97 Å². The van der Waals surface area contributed by atoms with E-state index in [9.17, 15) is 9.59 Å². The maximum absolute atomic E-state index is 12.6. The van der Waals surface area contributed by atoms with Gasteiger partial charge in [-0.25, -0.2) is 0 Å². The molecule has 2 heterocycles. The number of rotatable bonds is 2. The Balaban J connectivity index is 1.97.